The van der Waals surface area contributed by atoms with Gasteiger partial charge < -0.3 is 14.3 Å². The number of carbonyl (C=O) groups is 1. The molecule has 0 saturated carbocycles. The summed E-state index contributed by atoms with van der Waals surface area (Å²) in [4.78, 5) is 12.8. The molecular weight excluding hydrogens is 270 g/mol. The summed E-state index contributed by atoms with van der Waals surface area (Å²) in [6.45, 7) is 2.00. The predicted octanol–water partition coefficient (Wildman–Crippen LogP) is 2.65. The molecule has 5 nitrogen and oxygen atoms in total. The Morgan fingerprint density at radius 1 is 1.33 bits per heavy atom. The Morgan fingerprint density at radius 2 is 2.24 bits per heavy atom. The van der Waals surface area contributed by atoms with E-state index in [1.807, 2.05) is 30.3 Å². The van der Waals surface area contributed by atoms with E-state index in [1.165, 1.54) is 0 Å². The molecule has 1 aliphatic rings. The summed E-state index contributed by atoms with van der Waals surface area (Å²) in [5.41, 5.74) is 2.12. The topological polar surface area (TPSA) is 62.9 Å². The lowest BCUT2D eigenvalue weighted by molar-refractivity contribution is -0.136. The first-order valence-electron chi connectivity index (χ1n) is 6.92. The Morgan fingerprint density at radius 3 is 3.00 bits per heavy atom. The number of benzene rings is 1. The van der Waals surface area contributed by atoms with Crippen molar-refractivity contribution in [2.75, 3.05) is 6.73 Å². The molecule has 5 heteroatoms. The van der Waals surface area contributed by atoms with Crippen LogP contribution in [0.5, 0.6) is 5.75 Å². The summed E-state index contributed by atoms with van der Waals surface area (Å²) in [6, 6.07) is 9.71. The van der Waals surface area contributed by atoms with Gasteiger partial charge in [0.25, 0.3) is 0 Å². The van der Waals surface area contributed by atoms with Gasteiger partial charge in [-0.1, -0.05) is 12.1 Å². The van der Waals surface area contributed by atoms with Gasteiger partial charge in [0.05, 0.1) is 12.8 Å². The highest BCUT2D eigenvalue weighted by Gasteiger charge is 2.18. The zero-order valence-corrected chi connectivity index (χ0v) is 11.6. The molecular formula is C16H17NO4. The van der Waals surface area contributed by atoms with Crippen LogP contribution >= 0.6 is 0 Å². The van der Waals surface area contributed by atoms with Gasteiger partial charge in [0, 0.05) is 18.5 Å². The highest BCUT2D eigenvalue weighted by atomic mass is 16.5. The minimum atomic E-state index is -0.775. The number of carboxylic acids is 1. The number of furan rings is 1. The molecule has 0 amide bonds. The fraction of sp³-hybridized carbons (Fsp3) is 0.312. The Hall–Kier alpha value is -2.27. The number of hydrogen-bond donors (Lipinski definition) is 1. The third kappa shape index (κ3) is 3.44. The van der Waals surface area contributed by atoms with Crippen molar-refractivity contribution in [2.24, 2.45) is 0 Å². The fourth-order valence-electron chi connectivity index (χ4n) is 2.48. The Labute approximate surface area is 122 Å². The van der Waals surface area contributed by atoms with E-state index in [4.69, 9.17) is 14.3 Å². The molecule has 110 valence electrons. The summed E-state index contributed by atoms with van der Waals surface area (Å²) in [5, 5.41) is 8.76. The maximum atomic E-state index is 10.6. The second-order valence-electron chi connectivity index (χ2n) is 5.18. The molecule has 0 fully saturated rings. The monoisotopic (exact) mass is 287 g/mol. The first-order chi connectivity index (χ1) is 10.2. The lowest BCUT2D eigenvalue weighted by Gasteiger charge is -2.28. The van der Waals surface area contributed by atoms with E-state index in [2.05, 4.69) is 4.90 Å². The number of fused-ring (bicyclic) bond motifs is 1. The zero-order chi connectivity index (χ0) is 14.7. The Balaban J connectivity index is 1.68. The molecule has 0 aliphatic carbocycles. The lowest BCUT2D eigenvalue weighted by Crippen LogP contribution is -2.31. The molecule has 3 rings (SSSR count). The molecule has 1 aromatic carbocycles. The minimum Gasteiger partial charge on any atom is -0.481 e. The summed E-state index contributed by atoms with van der Waals surface area (Å²) < 4.78 is 11.1. The van der Waals surface area contributed by atoms with E-state index in [9.17, 15) is 4.79 Å². The van der Waals surface area contributed by atoms with Gasteiger partial charge in [-0.3, -0.25) is 9.69 Å². The van der Waals surface area contributed by atoms with Crippen LogP contribution in [0.1, 0.15) is 23.3 Å². The van der Waals surface area contributed by atoms with Gasteiger partial charge in [0.15, 0.2) is 0 Å². The van der Waals surface area contributed by atoms with Crippen LogP contribution in [0, 0.1) is 0 Å². The summed E-state index contributed by atoms with van der Waals surface area (Å²) in [7, 11) is 0. The molecule has 0 spiro atoms. The van der Waals surface area contributed by atoms with E-state index in [0.29, 0.717) is 19.7 Å². The van der Waals surface area contributed by atoms with Crippen LogP contribution in [-0.4, -0.2) is 22.7 Å². The number of carboxylic acid groups (broad SMARTS) is 1. The van der Waals surface area contributed by atoms with E-state index < -0.39 is 5.97 Å². The van der Waals surface area contributed by atoms with Crippen molar-refractivity contribution in [3.63, 3.8) is 0 Å². The van der Waals surface area contributed by atoms with Crippen LogP contribution in [-0.2, 0) is 24.3 Å². The van der Waals surface area contributed by atoms with Crippen molar-refractivity contribution in [3.05, 3.63) is 53.5 Å². The van der Waals surface area contributed by atoms with E-state index >= 15 is 0 Å². The molecule has 2 aromatic rings. The second-order valence-corrected chi connectivity index (χ2v) is 5.18. The van der Waals surface area contributed by atoms with Crippen molar-refractivity contribution >= 4 is 5.97 Å². The van der Waals surface area contributed by atoms with Gasteiger partial charge in [-0.2, -0.15) is 0 Å². The molecule has 0 atom stereocenters. The van der Waals surface area contributed by atoms with Crippen molar-refractivity contribution < 1.29 is 19.1 Å². The molecule has 0 saturated heterocycles. The smallest absolute Gasteiger partial charge is 0.303 e. The number of hydrogen-bond acceptors (Lipinski definition) is 4. The van der Waals surface area contributed by atoms with Crippen LogP contribution in [0.25, 0.3) is 0 Å². The van der Waals surface area contributed by atoms with Gasteiger partial charge in [-0.25, -0.2) is 0 Å². The van der Waals surface area contributed by atoms with Crippen molar-refractivity contribution in [1.82, 2.24) is 4.90 Å². The SMILES string of the molecule is O=C(O)CCc1ccc2c(c1)CN(Cc1ccco1)CO2. The summed E-state index contributed by atoms with van der Waals surface area (Å²) in [5.74, 6) is 1.01. The third-order valence-corrected chi connectivity index (χ3v) is 3.51. The van der Waals surface area contributed by atoms with Crippen LogP contribution in [0.3, 0.4) is 0 Å². The van der Waals surface area contributed by atoms with Crippen molar-refractivity contribution in [2.45, 2.75) is 25.9 Å². The third-order valence-electron chi connectivity index (χ3n) is 3.51. The molecule has 2 heterocycles. The molecule has 0 unspecified atom stereocenters. The zero-order valence-electron chi connectivity index (χ0n) is 11.6. The number of ether oxygens (including phenoxy) is 1. The minimum absolute atomic E-state index is 0.149. The predicted molar refractivity (Wildman–Crippen MR) is 75.8 cm³/mol. The maximum absolute atomic E-state index is 10.6. The summed E-state index contributed by atoms with van der Waals surface area (Å²) in [6.07, 6.45) is 2.36. The number of nitrogens with zero attached hydrogens (tertiary/aromatic N) is 1. The first kappa shape index (κ1) is 13.7. The van der Waals surface area contributed by atoms with Gasteiger partial charge in [-0.15, -0.1) is 0 Å². The standard InChI is InChI=1S/C16H17NO4/c18-16(19)6-4-12-3-5-15-13(8-12)9-17(11-21-15)10-14-2-1-7-20-14/h1-3,5,7-8H,4,6,9-11H2,(H,18,19). The molecule has 0 bridgehead atoms. The number of aryl methyl sites for hydroxylation is 1. The van der Waals surface area contributed by atoms with Crippen LogP contribution in [0.15, 0.2) is 41.0 Å². The molecule has 21 heavy (non-hydrogen) atoms. The van der Waals surface area contributed by atoms with E-state index in [1.54, 1.807) is 6.26 Å². The molecule has 1 N–H and O–H groups in total. The van der Waals surface area contributed by atoms with Crippen molar-refractivity contribution in [3.8, 4) is 5.75 Å². The molecule has 1 aromatic heterocycles. The largest absolute Gasteiger partial charge is 0.481 e. The highest BCUT2D eigenvalue weighted by molar-refractivity contribution is 5.67. The summed E-state index contributed by atoms with van der Waals surface area (Å²) >= 11 is 0. The normalized spacial score (nSPS) is 14.5. The molecule has 0 radical (unpaired) electrons. The van der Waals surface area contributed by atoms with Gasteiger partial charge in [0.2, 0.25) is 0 Å². The Kier molecular flexibility index (Phi) is 3.92. The second kappa shape index (κ2) is 6.01. The van der Waals surface area contributed by atoms with Crippen molar-refractivity contribution in [1.29, 1.82) is 0 Å². The van der Waals surface area contributed by atoms with Crippen LogP contribution in [0.2, 0.25) is 0 Å². The first-order valence-corrected chi connectivity index (χ1v) is 6.92. The number of aliphatic carboxylic acids is 1. The van der Waals surface area contributed by atoms with Crippen LogP contribution in [0.4, 0.5) is 0 Å². The maximum Gasteiger partial charge on any atom is 0.303 e. The average molecular weight is 287 g/mol. The van der Waals surface area contributed by atoms with Gasteiger partial charge in [-0.05, 0) is 30.2 Å². The van der Waals surface area contributed by atoms with E-state index in [-0.39, 0.29) is 6.42 Å². The van der Waals surface area contributed by atoms with Gasteiger partial charge >= 0.3 is 5.97 Å². The molecule has 1 aliphatic heterocycles. The lowest BCUT2D eigenvalue weighted by atomic mass is 10.0. The average Bonchev–Trinajstić information content (AvgIpc) is 2.97. The van der Waals surface area contributed by atoms with E-state index in [0.717, 1.165) is 29.2 Å². The fourth-order valence-corrected chi connectivity index (χ4v) is 2.48. The van der Waals surface area contributed by atoms with Gasteiger partial charge in [0.1, 0.15) is 18.2 Å². The Bertz CT molecular complexity index is 621. The number of rotatable bonds is 5. The van der Waals surface area contributed by atoms with Crippen LogP contribution < -0.4 is 4.74 Å². The quantitative estimate of drug-likeness (QED) is 0.916. The highest BCUT2D eigenvalue weighted by Crippen LogP contribution is 2.27.